The maximum Gasteiger partial charge on any atom is 0.251 e. The highest BCUT2D eigenvalue weighted by atomic mass is 16.2. The summed E-state index contributed by atoms with van der Waals surface area (Å²) in [6.45, 7) is 3.30. The zero-order valence-electron chi connectivity index (χ0n) is 17.1. The summed E-state index contributed by atoms with van der Waals surface area (Å²) < 4.78 is 2.01. The van der Waals surface area contributed by atoms with Crippen molar-refractivity contribution >= 4 is 5.91 Å². The number of piperidine rings is 1. The molecule has 2 aliphatic heterocycles. The highest BCUT2D eigenvalue weighted by molar-refractivity contribution is 5.78. The Bertz CT molecular complexity index is 1120. The molecule has 0 saturated carbocycles. The van der Waals surface area contributed by atoms with Gasteiger partial charge in [0, 0.05) is 42.5 Å². The van der Waals surface area contributed by atoms with E-state index in [0.29, 0.717) is 19.5 Å². The van der Waals surface area contributed by atoms with Crippen molar-refractivity contribution in [3.63, 3.8) is 0 Å². The molecule has 1 aromatic carbocycles. The molecule has 30 heavy (non-hydrogen) atoms. The summed E-state index contributed by atoms with van der Waals surface area (Å²) in [5, 5.41) is 0. The van der Waals surface area contributed by atoms with Crippen molar-refractivity contribution in [3.05, 3.63) is 87.9 Å². The van der Waals surface area contributed by atoms with Gasteiger partial charge in [-0.2, -0.15) is 0 Å². The smallest absolute Gasteiger partial charge is 0.251 e. The number of hydrogen-bond donors (Lipinski definition) is 1. The highest BCUT2D eigenvalue weighted by Gasteiger charge is 2.41. The second-order valence-corrected chi connectivity index (χ2v) is 8.56. The van der Waals surface area contributed by atoms with Gasteiger partial charge in [0.25, 0.3) is 5.56 Å². The zero-order chi connectivity index (χ0) is 20.7. The molecule has 0 unspecified atom stereocenters. The first kappa shape index (κ1) is 18.9. The number of amides is 1. The third-order valence-electron chi connectivity index (χ3n) is 6.69. The minimum atomic E-state index is 0.0649. The molecule has 6 nitrogen and oxygen atoms in total. The number of carbonyl (C=O) groups is 1. The van der Waals surface area contributed by atoms with Gasteiger partial charge in [0.2, 0.25) is 5.91 Å². The first-order chi connectivity index (χ1) is 14.6. The summed E-state index contributed by atoms with van der Waals surface area (Å²) in [7, 11) is 0. The molecule has 1 amide bonds. The van der Waals surface area contributed by atoms with Gasteiger partial charge in [-0.05, 0) is 37.3 Å². The van der Waals surface area contributed by atoms with E-state index < -0.39 is 0 Å². The van der Waals surface area contributed by atoms with E-state index in [9.17, 15) is 9.59 Å². The molecule has 0 aliphatic carbocycles. The van der Waals surface area contributed by atoms with Crippen LogP contribution in [0.5, 0.6) is 0 Å². The number of carbonyl (C=O) groups excluding carboxylic acids is 1. The second kappa shape index (κ2) is 7.59. The van der Waals surface area contributed by atoms with Gasteiger partial charge in [-0.3, -0.25) is 9.59 Å². The van der Waals surface area contributed by atoms with Crippen molar-refractivity contribution < 1.29 is 4.79 Å². The van der Waals surface area contributed by atoms with Gasteiger partial charge in [-0.1, -0.05) is 36.4 Å². The molecule has 1 saturated heterocycles. The van der Waals surface area contributed by atoms with Gasteiger partial charge in [0.05, 0.1) is 18.4 Å². The summed E-state index contributed by atoms with van der Waals surface area (Å²) in [4.78, 5) is 35.3. The standard InChI is InChI=1S/C24H26N4O2/c1-16-20(26-15-25-16)12-24(30)27-13-18-11-19(14-27)22(10-17-6-3-2-4-7-17)28-21(18)8-5-9-23(28)29/h2-9,15,18-19,22H,10-14H2,1H3,(H,25,26)/t18-,19+,22+/m1/s1. The largest absolute Gasteiger partial charge is 0.348 e. The average molecular weight is 402 g/mol. The van der Waals surface area contributed by atoms with Crippen LogP contribution in [-0.2, 0) is 17.6 Å². The number of imidazole rings is 1. The van der Waals surface area contributed by atoms with Gasteiger partial charge in [0.15, 0.2) is 0 Å². The summed E-state index contributed by atoms with van der Waals surface area (Å²) in [5.41, 5.74) is 4.11. The molecule has 4 heterocycles. The minimum absolute atomic E-state index is 0.0649. The van der Waals surface area contributed by atoms with Gasteiger partial charge < -0.3 is 14.5 Å². The molecule has 2 bridgehead atoms. The fourth-order valence-electron chi connectivity index (χ4n) is 5.18. The summed E-state index contributed by atoms with van der Waals surface area (Å²) in [6, 6.07) is 16.0. The Hall–Kier alpha value is -3.15. The predicted octanol–water partition coefficient (Wildman–Crippen LogP) is 2.85. The number of rotatable bonds is 4. The van der Waals surface area contributed by atoms with Gasteiger partial charge in [0.1, 0.15) is 0 Å². The fourth-order valence-corrected chi connectivity index (χ4v) is 5.18. The third kappa shape index (κ3) is 3.36. The number of aryl methyl sites for hydroxylation is 1. The Morgan fingerprint density at radius 1 is 1.13 bits per heavy atom. The summed E-state index contributed by atoms with van der Waals surface area (Å²) >= 11 is 0. The molecule has 3 aromatic rings. The normalized spacial score (nSPS) is 22.6. The number of benzene rings is 1. The van der Waals surface area contributed by atoms with Crippen LogP contribution >= 0.6 is 0 Å². The average Bonchev–Trinajstić information content (AvgIpc) is 3.16. The first-order valence-corrected chi connectivity index (χ1v) is 10.6. The van der Waals surface area contributed by atoms with Crippen molar-refractivity contribution in [2.45, 2.75) is 38.1 Å². The maximum atomic E-state index is 13.1. The Morgan fingerprint density at radius 3 is 2.73 bits per heavy atom. The van der Waals surface area contributed by atoms with E-state index in [0.717, 1.165) is 29.9 Å². The molecule has 0 spiro atoms. The van der Waals surface area contributed by atoms with E-state index in [4.69, 9.17) is 0 Å². The number of pyridine rings is 1. The fraction of sp³-hybridized carbons (Fsp3) is 0.375. The lowest BCUT2D eigenvalue weighted by Gasteiger charge is -2.47. The highest BCUT2D eigenvalue weighted by Crippen LogP contribution is 2.42. The molecule has 5 rings (SSSR count). The Balaban J connectivity index is 1.46. The Morgan fingerprint density at radius 2 is 1.97 bits per heavy atom. The van der Waals surface area contributed by atoms with Crippen molar-refractivity contribution in [1.82, 2.24) is 19.4 Å². The van der Waals surface area contributed by atoms with Crippen LogP contribution in [0.4, 0.5) is 0 Å². The lowest BCUT2D eigenvalue weighted by atomic mass is 9.76. The number of aromatic nitrogens is 3. The number of nitrogens with zero attached hydrogens (tertiary/aromatic N) is 3. The molecule has 0 radical (unpaired) electrons. The molecule has 1 fully saturated rings. The van der Waals surface area contributed by atoms with Crippen molar-refractivity contribution in [1.29, 1.82) is 0 Å². The van der Waals surface area contributed by atoms with E-state index in [2.05, 4.69) is 28.2 Å². The summed E-state index contributed by atoms with van der Waals surface area (Å²) in [5.74, 6) is 0.583. The summed E-state index contributed by atoms with van der Waals surface area (Å²) in [6.07, 6.45) is 3.78. The number of likely N-dealkylation sites (tertiary alicyclic amines) is 1. The van der Waals surface area contributed by atoms with Gasteiger partial charge in [-0.15, -0.1) is 0 Å². The molecule has 6 heteroatoms. The quantitative estimate of drug-likeness (QED) is 0.730. The predicted molar refractivity (Wildman–Crippen MR) is 114 cm³/mol. The van der Waals surface area contributed by atoms with E-state index in [1.165, 1.54) is 5.56 Å². The van der Waals surface area contributed by atoms with Crippen molar-refractivity contribution in [3.8, 4) is 0 Å². The zero-order valence-corrected chi connectivity index (χ0v) is 17.1. The van der Waals surface area contributed by atoms with Crippen LogP contribution in [0.3, 0.4) is 0 Å². The Labute approximate surface area is 175 Å². The van der Waals surface area contributed by atoms with Crippen LogP contribution in [0, 0.1) is 12.8 Å². The van der Waals surface area contributed by atoms with Gasteiger partial charge >= 0.3 is 0 Å². The monoisotopic (exact) mass is 402 g/mol. The lowest BCUT2D eigenvalue weighted by Crippen LogP contribution is -2.51. The van der Waals surface area contributed by atoms with E-state index in [1.54, 1.807) is 12.4 Å². The van der Waals surface area contributed by atoms with Crippen molar-refractivity contribution in [2.24, 2.45) is 5.92 Å². The number of fused-ring (bicyclic) bond motifs is 4. The first-order valence-electron chi connectivity index (χ1n) is 10.6. The number of aromatic amines is 1. The maximum absolute atomic E-state index is 13.1. The molecular weight excluding hydrogens is 376 g/mol. The molecule has 2 aromatic heterocycles. The number of hydrogen-bond acceptors (Lipinski definition) is 3. The minimum Gasteiger partial charge on any atom is -0.348 e. The van der Waals surface area contributed by atoms with Crippen LogP contribution in [0.15, 0.2) is 59.7 Å². The molecule has 1 N–H and O–H groups in total. The second-order valence-electron chi connectivity index (χ2n) is 8.56. The number of H-pyrrole nitrogens is 1. The lowest BCUT2D eigenvalue weighted by molar-refractivity contribution is -0.133. The Kier molecular flexibility index (Phi) is 4.77. The topological polar surface area (TPSA) is 71.0 Å². The van der Waals surface area contributed by atoms with Crippen LogP contribution in [-0.4, -0.2) is 38.4 Å². The molecule has 3 atom stereocenters. The van der Waals surface area contributed by atoms with Crippen LogP contribution < -0.4 is 5.56 Å². The van der Waals surface area contributed by atoms with E-state index in [1.807, 2.05) is 40.7 Å². The van der Waals surface area contributed by atoms with E-state index in [-0.39, 0.29) is 29.3 Å². The van der Waals surface area contributed by atoms with Crippen molar-refractivity contribution in [2.75, 3.05) is 13.1 Å². The molecule has 154 valence electrons. The van der Waals surface area contributed by atoms with Crippen LogP contribution in [0.1, 0.15) is 41.0 Å². The molecule has 2 aliphatic rings. The van der Waals surface area contributed by atoms with Gasteiger partial charge in [-0.25, -0.2) is 4.98 Å². The van der Waals surface area contributed by atoms with Crippen LogP contribution in [0.25, 0.3) is 0 Å². The SMILES string of the molecule is Cc1[nH]cnc1CC(=O)N1C[C@H]2C[C@@H](C1)[C@H](Cc1ccccc1)n1c2cccc1=O. The van der Waals surface area contributed by atoms with E-state index >= 15 is 0 Å². The van der Waals surface area contributed by atoms with Crippen LogP contribution in [0.2, 0.25) is 0 Å². The number of nitrogens with one attached hydrogen (secondary N) is 1. The third-order valence-corrected chi connectivity index (χ3v) is 6.69. The molecular formula is C24H26N4O2.